The summed E-state index contributed by atoms with van der Waals surface area (Å²) in [6.07, 6.45) is 4.96. The highest BCUT2D eigenvalue weighted by molar-refractivity contribution is 5.66. The molecule has 2 N–H and O–H groups in total. The summed E-state index contributed by atoms with van der Waals surface area (Å²) in [6, 6.07) is 0. The summed E-state index contributed by atoms with van der Waals surface area (Å²) in [5.74, 6) is -0.702. The van der Waals surface area contributed by atoms with Crippen molar-refractivity contribution in [2.24, 2.45) is 0 Å². The summed E-state index contributed by atoms with van der Waals surface area (Å²) in [5, 5.41) is 11.5. The van der Waals surface area contributed by atoms with E-state index in [4.69, 9.17) is 5.11 Å². The minimum absolute atomic E-state index is 0.282. The quantitative estimate of drug-likeness (QED) is 0.625. The molecule has 0 atom stereocenters. The third-order valence-corrected chi connectivity index (χ3v) is 2.16. The molecule has 0 aromatic rings. The van der Waals surface area contributed by atoms with Crippen LogP contribution in [0.4, 0.5) is 0 Å². The number of carbonyl (C=O) groups is 1. The molecule has 0 spiro atoms. The lowest BCUT2D eigenvalue weighted by molar-refractivity contribution is -0.137. The van der Waals surface area contributed by atoms with Crippen molar-refractivity contribution in [1.82, 2.24) is 10.2 Å². The Morgan fingerprint density at radius 2 is 2.46 bits per heavy atom. The van der Waals surface area contributed by atoms with Gasteiger partial charge in [0.2, 0.25) is 0 Å². The number of unbranched alkanes of at least 4 members (excludes halogenated alkanes) is 1. The Bertz CT molecular complexity index is 214. The van der Waals surface area contributed by atoms with Crippen LogP contribution in [0.1, 0.15) is 25.7 Å². The topological polar surface area (TPSA) is 52.6 Å². The molecular formula is C9H16N2O2. The maximum atomic E-state index is 10.2. The van der Waals surface area contributed by atoms with Crippen molar-refractivity contribution < 1.29 is 9.90 Å². The third-order valence-electron chi connectivity index (χ3n) is 2.16. The Labute approximate surface area is 78.2 Å². The van der Waals surface area contributed by atoms with Gasteiger partial charge in [-0.15, -0.1) is 0 Å². The van der Waals surface area contributed by atoms with Gasteiger partial charge in [0.15, 0.2) is 0 Å². The van der Waals surface area contributed by atoms with Gasteiger partial charge in [0.25, 0.3) is 0 Å². The number of allylic oxidation sites excluding steroid dienone is 1. The Hall–Kier alpha value is -1.19. The molecule has 1 rings (SSSR count). The van der Waals surface area contributed by atoms with Crippen LogP contribution < -0.4 is 5.32 Å². The van der Waals surface area contributed by atoms with E-state index in [0.717, 1.165) is 25.9 Å². The van der Waals surface area contributed by atoms with Crippen LogP contribution >= 0.6 is 0 Å². The molecule has 13 heavy (non-hydrogen) atoms. The largest absolute Gasteiger partial charge is 0.481 e. The minimum Gasteiger partial charge on any atom is -0.481 e. The monoisotopic (exact) mass is 184 g/mol. The predicted molar refractivity (Wildman–Crippen MR) is 50.0 cm³/mol. The van der Waals surface area contributed by atoms with E-state index in [2.05, 4.69) is 10.2 Å². The maximum absolute atomic E-state index is 10.2. The van der Waals surface area contributed by atoms with Gasteiger partial charge in [-0.25, -0.2) is 0 Å². The lowest BCUT2D eigenvalue weighted by Crippen LogP contribution is -2.18. The first kappa shape index (κ1) is 9.89. The highest BCUT2D eigenvalue weighted by Gasteiger charge is 2.08. The molecule has 0 bridgehead atoms. The molecule has 1 aliphatic heterocycles. The molecular weight excluding hydrogens is 168 g/mol. The van der Waals surface area contributed by atoms with E-state index in [9.17, 15) is 4.79 Å². The van der Waals surface area contributed by atoms with E-state index in [1.807, 2.05) is 13.2 Å². The minimum atomic E-state index is -0.702. The van der Waals surface area contributed by atoms with Crippen molar-refractivity contribution in [2.75, 3.05) is 13.7 Å². The second-order valence-electron chi connectivity index (χ2n) is 3.30. The molecule has 0 saturated heterocycles. The van der Waals surface area contributed by atoms with Gasteiger partial charge in [0.05, 0.1) is 6.67 Å². The summed E-state index contributed by atoms with van der Waals surface area (Å²) < 4.78 is 0. The van der Waals surface area contributed by atoms with Crippen LogP contribution in [0.15, 0.2) is 11.9 Å². The number of hydrogen-bond donors (Lipinski definition) is 2. The van der Waals surface area contributed by atoms with Gasteiger partial charge >= 0.3 is 5.97 Å². The molecule has 0 amide bonds. The fourth-order valence-electron chi connectivity index (χ4n) is 1.36. The second-order valence-corrected chi connectivity index (χ2v) is 3.30. The van der Waals surface area contributed by atoms with Crippen molar-refractivity contribution in [3.8, 4) is 0 Å². The average molecular weight is 184 g/mol. The fourth-order valence-corrected chi connectivity index (χ4v) is 1.36. The lowest BCUT2D eigenvalue weighted by Gasteiger charge is -2.13. The average Bonchev–Trinajstić information content (AvgIpc) is 2.45. The highest BCUT2D eigenvalue weighted by Crippen LogP contribution is 2.13. The number of aliphatic carboxylic acids is 1. The molecule has 0 unspecified atom stereocenters. The van der Waals surface area contributed by atoms with Crippen molar-refractivity contribution in [1.29, 1.82) is 0 Å². The molecule has 0 radical (unpaired) electrons. The summed E-state index contributed by atoms with van der Waals surface area (Å²) in [4.78, 5) is 12.4. The van der Waals surface area contributed by atoms with Gasteiger partial charge in [-0.3, -0.25) is 4.79 Å². The Balaban J connectivity index is 2.09. The van der Waals surface area contributed by atoms with E-state index < -0.39 is 5.97 Å². The number of rotatable bonds is 5. The van der Waals surface area contributed by atoms with Gasteiger partial charge in [0.1, 0.15) is 0 Å². The molecule has 4 nitrogen and oxygen atoms in total. The van der Waals surface area contributed by atoms with Crippen LogP contribution in [-0.2, 0) is 4.79 Å². The van der Waals surface area contributed by atoms with Gasteiger partial charge in [-0.05, 0) is 19.3 Å². The number of nitrogens with zero attached hydrogens (tertiary/aromatic N) is 1. The molecule has 74 valence electrons. The first-order chi connectivity index (χ1) is 6.20. The molecule has 0 aromatic heterocycles. The van der Waals surface area contributed by atoms with E-state index in [-0.39, 0.29) is 6.42 Å². The number of nitrogens with one attached hydrogen (secondary N) is 1. The summed E-state index contributed by atoms with van der Waals surface area (Å²) in [5.41, 5.74) is 1.27. The van der Waals surface area contributed by atoms with Crippen molar-refractivity contribution in [2.45, 2.75) is 25.7 Å². The molecule has 0 fully saturated rings. The fraction of sp³-hybridized carbons (Fsp3) is 0.667. The van der Waals surface area contributed by atoms with Crippen molar-refractivity contribution >= 4 is 5.97 Å². The first-order valence-corrected chi connectivity index (χ1v) is 4.55. The van der Waals surface area contributed by atoms with Gasteiger partial charge < -0.3 is 15.3 Å². The maximum Gasteiger partial charge on any atom is 0.303 e. The highest BCUT2D eigenvalue weighted by atomic mass is 16.4. The lowest BCUT2D eigenvalue weighted by atomic mass is 10.1. The summed E-state index contributed by atoms with van der Waals surface area (Å²) >= 11 is 0. The second kappa shape index (κ2) is 4.74. The zero-order valence-electron chi connectivity index (χ0n) is 7.92. The molecule has 0 aromatic carbocycles. The van der Waals surface area contributed by atoms with E-state index in [1.165, 1.54) is 5.70 Å². The number of carboxylic acids is 1. The zero-order chi connectivity index (χ0) is 9.68. The molecule has 1 aliphatic rings. The Morgan fingerprint density at radius 3 is 3.00 bits per heavy atom. The van der Waals surface area contributed by atoms with Crippen LogP contribution in [0.25, 0.3) is 0 Å². The number of carboxylic acid groups (broad SMARTS) is 1. The van der Waals surface area contributed by atoms with Crippen LogP contribution in [0.2, 0.25) is 0 Å². The standard InChI is InChI=1S/C9H16N2O2/c1-11-7-10-6-8(11)4-2-3-5-9(12)13/h6,10H,2-5,7H2,1H3,(H,12,13). The molecule has 1 heterocycles. The summed E-state index contributed by atoms with van der Waals surface area (Å²) in [7, 11) is 2.03. The van der Waals surface area contributed by atoms with E-state index >= 15 is 0 Å². The molecule has 0 aliphatic carbocycles. The van der Waals surface area contributed by atoms with Crippen molar-refractivity contribution in [3.05, 3.63) is 11.9 Å². The SMILES string of the molecule is CN1CNC=C1CCCCC(=O)O. The van der Waals surface area contributed by atoms with Gasteiger partial charge in [-0.2, -0.15) is 0 Å². The van der Waals surface area contributed by atoms with E-state index in [0.29, 0.717) is 0 Å². The van der Waals surface area contributed by atoms with Crippen LogP contribution in [0.5, 0.6) is 0 Å². The predicted octanol–water partition coefficient (Wildman–Crippen LogP) is 0.965. The van der Waals surface area contributed by atoms with Gasteiger partial charge in [-0.1, -0.05) is 0 Å². The zero-order valence-corrected chi connectivity index (χ0v) is 7.92. The smallest absolute Gasteiger partial charge is 0.303 e. The van der Waals surface area contributed by atoms with Crippen LogP contribution in [0, 0.1) is 0 Å². The molecule has 4 heteroatoms. The van der Waals surface area contributed by atoms with Crippen LogP contribution in [0.3, 0.4) is 0 Å². The Morgan fingerprint density at radius 1 is 1.69 bits per heavy atom. The third kappa shape index (κ3) is 3.36. The molecule has 0 saturated carbocycles. The van der Waals surface area contributed by atoms with Gasteiger partial charge in [0, 0.05) is 25.4 Å². The normalized spacial score (nSPS) is 15.5. The van der Waals surface area contributed by atoms with Crippen LogP contribution in [-0.4, -0.2) is 29.7 Å². The van der Waals surface area contributed by atoms with E-state index in [1.54, 1.807) is 0 Å². The first-order valence-electron chi connectivity index (χ1n) is 4.55. The Kier molecular flexibility index (Phi) is 3.61. The summed E-state index contributed by atoms with van der Waals surface area (Å²) in [6.45, 7) is 0.869. The number of hydrogen-bond acceptors (Lipinski definition) is 3. The van der Waals surface area contributed by atoms with Crippen molar-refractivity contribution in [3.63, 3.8) is 0 Å².